The zero-order valence-electron chi connectivity index (χ0n) is 9.62. The fourth-order valence-corrected chi connectivity index (χ4v) is 2.39. The number of hydrogen-bond acceptors (Lipinski definition) is 2. The van der Waals surface area contributed by atoms with E-state index in [1.807, 2.05) is 17.6 Å². The average molecular weight is 252 g/mol. The predicted octanol–water partition coefficient (Wildman–Crippen LogP) is 4.76. The Kier molecular flexibility index (Phi) is 3.04. The highest BCUT2D eigenvalue weighted by molar-refractivity contribution is 7.08. The largest absolute Gasteiger partial charge is 0.260 e. The third kappa shape index (κ3) is 2.28. The average Bonchev–Trinajstić information content (AvgIpc) is 2.69. The van der Waals surface area contributed by atoms with Crippen molar-refractivity contribution in [3.8, 4) is 11.1 Å². The summed E-state index contributed by atoms with van der Waals surface area (Å²) >= 11 is 7.96. The number of hydrogen-bond donors (Lipinski definition) is 0. The third-order valence-electron chi connectivity index (χ3n) is 2.45. The molecule has 0 N–H and O–H groups in total. The lowest BCUT2D eigenvalue weighted by atomic mass is 9.91. The summed E-state index contributed by atoms with van der Waals surface area (Å²) in [7, 11) is 0. The van der Waals surface area contributed by atoms with Gasteiger partial charge in [0, 0.05) is 22.9 Å². The van der Waals surface area contributed by atoms with E-state index < -0.39 is 0 Å². The van der Waals surface area contributed by atoms with Gasteiger partial charge in [0.15, 0.2) is 0 Å². The van der Waals surface area contributed by atoms with Gasteiger partial charge in [0.05, 0.1) is 5.02 Å². The molecule has 2 rings (SSSR count). The predicted molar refractivity (Wildman–Crippen MR) is 71.3 cm³/mol. The fourth-order valence-electron chi connectivity index (χ4n) is 1.47. The minimum Gasteiger partial charge on any atom is -0.260 e. The van der Waals surface area contributed by atoms with Crippen LogP contribution in [0.1, 0.15) is 26.5 Å². The molecule has 0 fully saturated rings. The lowest BCUT2D eigenvalue weighted by Gasteiger charge is -2.18. The topological polar surface area (TPSA) is 12.9 Å². The number of rotatable bonds is 1. The molecule has 0 amide bonds. The molecule has 1 nitrogen and oxygen atoms in total. The summed E-state index contributed by atoms with van der Waals surface area (Å²) in [6.07, 6.45) is 1.87. The number of pyridine rings is 1. The molecule has 0 aliphatic carbocycles. The Bertz CT molecular complexity index is 483. The van der Waals surface area contributed by atoms with Crippen LogP contribution in [-0.2, 0) is 5.41 Å². The van der Waals surface area contributed by atoms with Crippen molar-refractivity contribution in [2.45, 2.75) is 26.2 Å². The Labute approximate surface area is 105 Å². The smallest absolute Gasteiger partial charge is 0.0518 e. The molecule has 84 valence electrons. The molecule has 0 aliphatic heterocycles. The van der Waals surface area contributed by atoms with Crippen molar-refractivity contribution < 1.29 is 0 Å². The van der Waals surface area contributed by atoms with E-state index in [1.54, 1.807) is 11.3 Å². The summed E-state index contributed by atoms with van der Waals surface area (Å²) in [6.45, 7) is 6.40. The molecular weight excluding hydrogens is 238 g/mol. The number of thiophene rings is 1. The van der Waals surface area contributed by atoms with E-state index in [0.717, 1.165) is 21.8 Å². The monoisotopic (exact) mass is 251 g/mol. The van der Waals surface area contributed by atoms with Crippen molar-refractivity contribution in [3.63, 3.8) is 0 Å². The van der Waals surface area contributed by atoms with Crippen LogP contribution < -0.4 is 0 Å². The van der Waals surface area contributed by atoms with Gasteiger partial charge in [-0.3, -0.25) is 4.98 Å². The molecule has 0 aromatic carbocycles. The van der Waals surface area contributed by atoms with Gasteiger partial charge in [-0.15, -0.1) is 0 Å². The van der Waals surface area contributed by atoms with E-state index >= 15 is 0 Å². The molecule has 0 saturated carbocycles. The van der Waals surface area contributed by atoms with Crippen LogP contribution in [0.5, 0.6) is 0 Å². The zero-order valence-corrected chi connectivity index (χ0v) is 11.2. The van der Waals surface area contributed by atoms with Crippen molar-refractivity contribution in [3.05, 3.63) is 39.8 Å². The standard InChI is InChI=1S/C13H14ClNS/c1-13(2,3)12-6-11(14)10(7-15-12)9-4-5-16-8-9/h4-8H,1-3H3. The van der Waals surface area contributed by atoms with Crippen molar-refractivity contribution >= 4 is 22.9 Å². The second-order valence-corrected chi connectivity index (χ2v) is 6.00. The zero-order chi connectivity index (χ0) is 11.8. The first-order chi connectivity index (χ1) is 7.48. The van der Waals surface area contributed by atoms with E-state index in [1.165, 1.54) is 0 Å². The highest BCUT2D eigenvalue weighted by Crippen LogP contribution is 2.31. The lowest BCUT2D eigenvalue weighted by Crippen LogP contribution is -2.13. The van der Waals surface area contributed by atoms with Crippen LogP contribution in [0, 0.1) is 0 Å². The second-order valence-electron chi connectivity index (χ2n) is 4.81. The normalized spacial score (nSPS) is 11.8. The summed E-state index contributed by atoms with van der Waals surface area (Å²) in [6, 6.07) is 4.03. The Morgan fingerprint density at radius 1 is 1.31 bits per heavy atom. The molecule has 0 atom stereocenters. The minimum absolute atomic E-state index is 0.0385. The molecule has 0 saturated heterocycles. The minimum atomic E-state index is 0.0385. The highest BCUT2D eigenvalue weighted by Gasteiger charge is 2.17. The van der Waals surface area contributed by atoms with E-state index in [0.29, 0.717) is 0 Å². The summed E-state index contributed by atoms with van der Waals surface area (Å²) in [5.74, 6) is 0. The van der Waals surface area contributed by atoms with Crippen LogP contribution in [0.4, 0.5) is 0 Å². The maximum atomic E-state index is 6.29. The Morgan fingerprint density at radius 2 is 2.06 bits per heavy atom. The molecule has 3 heteroatoms. The summed E-state index contributed by atoms with van der Waals surface area (Å²) in [5, 5.41) is 4.90. The first-order valence-electron chi connectivity index (χ1n) is 5.17. The van der Waals surface area contributed by atoms with Gasteiger partial charge in [-0.25, -0.2) is 0 Å². The van der Waals surface area contributed by atoms with Gasteiger partial charge >= 0.3 is 0 Å². The molecule has 2 aromatic rings. The Morgan fingerprint density at radius 3 is 2.56 bits per heavy atom. The van der Waals surface area contributed by atoms with Crippen LogP contribution in [0.3, 0.4) is 0 Å². The first kappa shape index (κ1) is 11.6. The molecule has 0 unspecified atom stereocenters. The molecule has 16 heavy (non-hydrogen) atoms. The molecule has 0 bridgehead atoms. The van der Waals surface area contributed by atoms with Gasteiger partial charge in [-0.1, -0.05) is 32.4 Å². The van der Waals surface area contributed by atoms with Crippen LogP contribution in [-0.4, -0.2) is 4.98 Å². The SMILES string of the molecule is CC(C)(C)c1cc(Cl)c(-c2ccsc2)cn1. The van der Waals surface area contributed by atoms with E-state index in [-0.39, 0.29) is 5.41 Å². The van der Waals surface area contributed by atoms with Crippen LogP contribution >= 0.6 is 22.9 Å². The molecule has 2 heterocycles. The maximum Gasteiger partial charge on any atom is 0.0518 e. The van der Waals surface area contributed by atoms with Crippen molar-refractivity contribution in [1.29, 1.82) is 0 Å². The van der Waals surface area contributed by atoms with Gasteiger partial charge < -0.3 is 0 Å². The van der Waals surface area contributed by atoms with Crippen LogP contribution in [0.15, 0.2) is 29.1 Å². The van der Waals surface area contributed by atoms with Crippen LogP contribution in [0.25, 0.3) is 11.1 Å². The third-order valence-corrected chi connectivity index (χ3v) is 3.45. The molecular formula is C13H14ClNS. The van der Waals surface area contributed by atoms with Gasteiger partial charge in [-0.05, 0) is 28.5 Å². The first-order valence-corrected chi connectivity index (χ1v) is 6.49. The Hall–Kier alpha value is -0.860. The van der Waals surface area contributed by atoms with Crippen molar-refractivity contribution in [2.75, 3.05) is 0 Å². The quantitative estimate of drug-likeness (QED) is 0.712. The van der Waals surface area contributed by atoms with Crippen LogP contribution in [0.2, 0.25) is 5.02 Å². The summed E-state index contributed by atoms with van der Waals surface area (Å²) in [5.41, 5.74) is 3.21. The van der Waals surface area contributed by atoms with Gasteiger partial charge in [0.2, 0.25) is 0 Å². The highest BCUT2D eigenvalue weighted by atomic mass is 35.5. The van der Waals surface area contributed by atoms with Gasteiger partial charge in [0.25, 0.3) is 0 Å². The molecule has 2 aromatic heterocycles. The molecule has 0 aliphatic rings. The van der Waals surface area contributed by atoms with Crippen molar-refractivity contribution in [2.24, 2.45) is 0 Å². The van der Waals surface area contributed by atoms with Crippen molar-refractivity contribution in [1.82, 2.24) is 4.98 Å². The number of aromatic nitrogens is 1. The fraction of sp³-hybridized carbons (Fsp3) is 0.308. The Balaban J connectivity index is 2.46. The number of nitrogens with zero attached hydrogens (tertiary/aromatic N) is 1. The van der Waals surface area contributed by atoms with Gasteiger partial charge in [0.1, 0.15) is 0 Å². The summed E-state index contributed by atoms with van der Waals surface area (Å²) in [4.78, 5) is 4.49. The van der Waals surface area contributed by atoms with E-state index in [9.17, 15) is 0 Å². The van der Waals surface area contributed by atoms with E-state index in [4.69, 9.17) is 11.6 Å². The summed E-state index contributed by atoms with van der Waals surface area (Å²) < 4.78 is 0. The van der Waals surface area contributed by atoms with E-state index in [2.05, 4.69) is 37.2 Å². The second kappa shape index (κ2) is 4.19. The lowest BCUT2D eigenvalue weighted by molar-refractivity contribution is 0.569. The molecule has 0 spiro atoms. The molecule has 0 radical (unpaired) electrons. The van der Waals surface area contributed by atoms with Gasteiger partial charge in [-0.2, -0.15) is 11.3 Å². The number of halogens is 1. The maximum absolute atomic E-state index is 6.29.